The van der Waals surface area contributed by atoms with Crippen molar-refractivity contribution in [2.75, 3.05) is 0 Å². The first-order chi connectivity index (χ1) is 6.31. The van der Waals surface area contributed by atoms with E-state index in [1.54, 1.807) is 6.07 Å². The molecular weight excluding hydrogens is 228 g/mol. The van der Waals surface area contributed by atoms with Crippen LogP contribution in [0, 0.1) is 0 Å². The topological polar surface area (TPSA) is 106 Å². The molecule has 1 rings (SSSR count). The van der Waals surface area contributed by atoms with Gasteiger partial charge in [-0.05, 0) is 12.1 Å². The second-order valence-corrected chi connectivity index (χ2v) is 5.68. The van der Waals surface area contributed by atoms with Crippen molar-refractivity contribution in [3.63, 3.8) is 0 Å². The molecule has 78 valence electrons. The largest absolute Gasteiger partial charge is 0.287 e. The predicted octanol–water partition coefficient (Wildman–Crippen LogP) is -0.832. The molecule has 1 aromatic rings. The Bertz CT molecular complexity index is 506. The van der Waals surface area contributed by atoms with Crippen LogP contribution in [0.2, 0.25) is 0 Å². The molecule has 0 unspecified atom stereocenters. The summed E-state index contributed by atoms with van der Waals surface area (Å²) in [6.07, 6.45) is 0. The zero-order valence-electron chi connectivity index (χ0n) is 6.91. The van der Waals surface area contributed by atoms with Crippen molar-refractivity contribution in [2.24, 2.45) is 5.14 Å². The summed E-state index contributed by atoms with van der Waals surface area (Å²) in [5.74, 6) is 0. The van der Waals surface area contributed by atoms with Gasteiger partial charge in [0.2, 0.25) is 0 Å². The van der Waals surface area contributed by atoms with Crippen LogP contribution in [0.1, 0.15) is 0 Å². The van der Waals surface area contributed by atoms with Crippen LogP contribution in [-0.4, -0.2) is 16.8 Å². The molecule has 0 aliphatic carbocycles. The minimum absolute atomic E-state index is 0.158. The molecule has 6 nitrogen and oxygen atoms in total. The molecule has 0 fully saturated rings. The van der Waals surface area contributed by atoms with E-state index >= 15 is 0 Å². The molecule has 3 N–H and O–H groups in total. The molecule has 0 aromatic heterocycles. The molecule has 0 atom stereocenters. The van der Waals surface area contributed by atoms with Gasteiger partial charge >= 0.3 is 0 Å². The summed E-state index contributed by atoms with van der Waals surface area (Å²) in [5, 5.41) is 4.54. The smallest absolute Gasteiger partial charge is 0.215 e. The van der Waals surface area contributed by atoms with E-state index in [9.17, 15) is 16.8 Å². The first kappa shape index (κ1) is 11.1. The molecule has 14 heavy (non-hydrogen) atoms. The predicted molar refractivity (Wildman–Crippen MR) is 49.9 cm³/mol. The van der Waals surface area contributed by atoms with Gasteiger partial charge in [0.1, 0.15) is 0 Å². The van der Waals surface area contributed by atoms with Crippen LogP contribution < -0.4 is 9.27 Å². The van der Waals surface area contributed by atoms with Crippen molar-refractivity contribution in [3.8, 4) is 0 Å². The summed E-state index contributed by atoms with van der Waals surface area (Å²) in [7, 11) is -8.35. The molecule has 0 radical (unpaired) electrons. The Hall–Kier alpha value is -0.960. The highest BCUT2D eigenvalue weighted by Crippen LogP contribution is 2.06. The van der Waals surface area contributed by atoms with Gasteiger partial charge in [0.25, 0.3) is 20.2 Å². The van der Waals surface area contributed by atoms with Gasteiger partial charge in [-0.3, -0.25) is 0 Å². The molecule has 0 aliphatic rings. The number of hydrogen-bond donors (Lipinski definition) is 2. The van der Waals surface area contributed by atoms with Gasteiger partial charge in [0.15, 0.2) is 0 Å². The molecule has 0 heterocycles. The number of rotatable bonds is 3. The Balaban J connectivity index is 3.12. The maximum Gasteiger partial charge on any atom is 0.287 e. The summed E-state index contributed by atoms with van der Waals surface area (Å²) in [6.45, 7) is 0. The standard InChI is InChI=1S/C6H8N2O4S2/c7-14(11,12)8-13(9,10)6-4-2-1-3-5-6/h1-5,8H,(H2,7,11,12). The van der Waals surface area contributed by atoms with Gasteiger partial charge in [-0.2, -0.15) is 8.42 Å². The van der Waals surface area contributed by atoms with E-state index in [4.69, 9.17) is 0 Å². The van der Waals surface area contributed by atoms with Crippen molar-refractivity contribution in [1.82, 2.24) is 4.13 Å². The monoisotopic (exact) mass is 236 g/mol. The normalized spacial score (nSPS) is 12.6. The van der Waals surface area contributed by atoms with Gasteiger partial charge < -0.3 is 0 Å². The molecule has 0 bridgehead atoms. The highest BCUT2D eigenvalue weighted by Gasteiger charge is 2.18. The number of hydrogen-bond acceptors (Lipinski definition) is 4. The molecule has 0 amide bonds. The Morgan fingerprint density at radius 3 is 1.93 bits per heavy atom. The lowest BCUT2D eigenvalue weighted by atomic mass is 10.4. The second kappa shape index (κ2) is 3.65. The van der Waals surface area contributed by atoms with Crippen LogP contribution in [0.5, 0.6) is 0 Å². The number of nitrogens with one attached hydrogen (secondary N) is 1. The fourth-order valence-electron chi connectivity index (χ4n) is 0.801. The summed E-state index contributed by atoms with van der Waals surface area (Å²) < 4.78 is 44.9. The molecule has 8 heteroatoms. The molecule has 0 spiro atoms. The Morgan fingerprint density at radius 1 is 1.00 bits per heavy atom. The first-order valence-electron chi connectivity index (χ1n) is 3.43. The summed E-state index contributed by atoms with van der Waals surface area (Å²) in [5.41, 5.74) is 0. The minimum Gasteiger partial charge on any atom is -0.215 e. The van der Waals surface area contributed by atoms with E-state index in [-0.39, 0.29) is 4.90 Å². The van der Waals surface area contributed by atoms with Gasteiger partial charge in [-0.1, -0.05) is 22.3 Å². The van der Waals surface area contributed by atoms with Crippen molar-refractivity contribution in [3.05, 3.63) is 30.3 Å². The number of sulfonamides is 1. The quantitative estimate of drug-likeness (QED) is 0.714. The number of benzene rings is 1. The second-order valence-electron chi connectivity index (χ2n) is 2.44. The van der Waals surface area contributed by atoms with E-state index < -0.39 is 20.2 Å². The summed E-state index contributed by atoms with van der Waals surface area (Å²) in [4.78, 5) is -0.158. The molecular formula is C6H8N2O4S2. The lowest BCUT2D eigenvalue weighted by molar-refractivity contribution is 0.578. The van der Waals surface area contributed by atoms with Crippen molar-refractivity contribution >= 4 is 20.2 Å². The first-order valence-corrected chi connectivity index (χ1v) is 6.45. The summed E-state index contributed by atoms with van der Waals surface area (Å²) >= 11 is 0. The third-order valence-electron chi connectivity index (χ3n) is 1.28. The molecule has 0 saturated carbocycles. The third-order valence-corrected chi connectivity index (χ3v) is 3.98. The average Bonchev–Trinajstić information content (AvgIpc) is 2.01. The van der Waals surface area contributed by atoms with E-state index in [0.29, 0.717) is 0 Å². The Morgan fingerprint density at radius 2 is 1.50 bits per heavy atom. The Kier molecular flexibility index (Phi) is 2.90. The molecule has 0 saturated heterocycles. The maximum absolute atomic E-state index is 11.3. The van der Waals surface area contributed by atoms with E-state index in [0.717, 1.165) is 0 Å². The zero-order chi connectivity index (χ0) is 10.8. The minimum atomic E-state index is -4.27. The van der Waals surface area contributed by atoms with E-state index in [1.165, 1.54) is 28.4 Å². The summed E-state index contributed by atoms with van der Waals surface area (Å²) in [6, 6.07) is 7.06. The fourth-order valence-corrected chi connectivity index (χ4v) is 2.92. The van der Waals surface area contributed by atoms with Gasteiger partial charge in [-0.15, -0.1) is 0 Å². The maximum atomic E-state index is 11.3. The SMILES string of the molecule is NS(=O)(=O)NS(=O)(=O)c1ccccc1. The zero-order valence-corrected chi connectivity index (χ0v) is 8.55. The van der Waals surface area contributed by atoms with E-state index in [2.05, 4.69) is 5.14 Å². The lowest BCUT2D eigenvalue weighted by Crippen LogP contribution is -2.35. The average molecular weight is 236 g/mol. The van der Waals surface area contributed by atoms with Crippen molar-refractivity contribution in [2.45, 2.75) is 4.90 Å². The molecule has 0 aliphatic heterocycles. The highest BCUT2D eigenvalue weighted by atomic mass is 32.3. The van der Waals surface area contributed by atoms with Crippen LogP contribution in [0.4, 0.5) is 0 Å². The van der Waals surface area contributed by atoms with Gasteiger partial charge in [-0.25, -0.2) is 13.6 Å². The third kappa shape index (κ3) is 3.07. The Labute approximate surface area is 82.0 Å². The van der Waals surface area contributed by atoms with Crippen molar-refractivity contribution in [1.29, 1.82) is 0 Å². The van der Waals surface area contributed by atoms with Gasteiger partial charge in [0, 0.05) is 0 Å². The molecule has 1 aromatic carbocycles. The fraction of sp³-hybridized carbons (Fsp3) is 0. The van der Waals surface area contributed by atoms with E-state index in [1.807, 2.05) is 0 Å². The van der Waals surface area contributed by atoms with Crippen molar-refractivity contribution < 1.29 is 16.8 Å². The van der Waals surface area contributed by atoms with Crippen LogP contribution in [0.3, 0.4) is 0 Å². The van der Waals surface area contributed by atoms with Crippen LogP contribution in [0.15, 0.2) is 35.2 Å². The number of nitrogens with two attached hydrogens (primary N) is 1. The highest BCUT2D eigenvalue weighted by molar-refractivity contribution is 8.03. The lowest BCUT2D eigenvalue weighted by Gasteiger charge is -2.03. The van der Waals surface area contributed by atoms with Gasteiger partial charge in [0.05, 0.1) is 4.90 Å². The van der Waals surface area contributed by atoms with Crippen LogP contribution in [-0.2, 0) is 20.2 Å². The van der Waals surface area contributed by atoms with Crippen LogP contribution >= 0.6 is 0 Å². The van der Waals surface area contributed by atoms with Crippen LogP contribution in [0.25, 0.3) is 0 Å².